The zero-order valence-corrected chi connectivity index (χ0v) is 19.1. The van der Waals surface area contributed by atoms with Gasteiger partial charge in [0.1, 0.15) is 5.75 Å². The number of carbonyl (C=O) groups excluding carboxylic acids is 2. The van der Waals surface area contributed by atoms with Crippen LogP contribution in [0, 0.1) is 0 Å². The number of esters is 1. The fourth-order valence-electron chi connectivity index (χ4n) is 4.62. The first kappa shape index (κ1) is 22.6. The summed E-state index contributed by atoms with van der Waals surface area (Å²) in [7, 11) is 1.37. The number of hydrogen-bond acceptors (Lipinski definition) is 4. The minimum absolute atomic E-state index is 0.116. The summed E-state index contributed by atoms with van der Waals surface area (Å²) in [6.45, 7) is 2.18. The van der Waals surface area contributed by atoms with Gasteiger partial charge < -0.3 is 15.2 Å². The Balaban J connectivity index is 1.48. The zero-order chi connectivity index (χ0) is 23.4. The number of nitrogens with one attached hydrogen (secondary N) is 1. The number of ether oxygens (including phenoxy) is 1. The molecule has 5 nitrogen and oxygen atoms in total. The molecule has 3 aromatic carbocycles. The van der Waals surface area contributed by atoms with Crippen molar-refractivity contribution in [1.82, 2.24) is 5.32 Å². The number of hydrogen-bond donors (Lipinski definition) is 2. The quantitative estimate of drug-likeness (QED) is 0.516. The van der Waals surface area contributed by atoms with E-state index in [9.17, 15) is 14.7 Å². The second-order valence-electron chi connectivity index (χ2n) is 8.97. The lowest BCUT2D eigenvalue weighted by Gasteiger charge is -2.36. The van der Waals surface area contributed by atoms with Crippen molar-refractivity contribution in [3.05, 3.63) is 89.1 Å². The van der Waals surface area contributed by atoms with E-state index in [4.69, 9.17) is 4.74 Å². The number of allylic oxidation sites excluding steroid dienone is 1. The van der Waals surface area contributed by atoms with Gasteiger partial charge in [0.2, 0.25) is 5.91 Å². The number of aromatic hydroxyl groups is 1. The van der Waals surface area contributed by atoms with Crippen LogP contribution < -0.4 is 5.32 Å². The van der Waals surface area contributed by atoms with Gasteiger partial charge in [0.25, 0.3) is 0 Å². The molecule has 0 bridgehead atoms. The fourth-order valence-corrected chi connectivity index (χ4v) is 4.62. The van der Waals surface area contributed by atoms with Crippen molar-refractivity contribution in [3.8, 4) is 5.75 Å². The molecule has 0 spiro atoms. The molecule has 2 N–H and O–H groups in total. The van der Waals surface area contributed by atoms with Crippen molar-refractivity contribution in [3.63, 3.8) is 0 Å². The second-order valence-corrected chi connectivity index (χ2v) is 8.97. The van der Waals surface area contributed by atoms with E-state index in [1.54, 1.807) is 12.1 Å². The Morgan fingerprint density at radius 1 is 1.03 bits per heavy atom. The summed E-state index contributed by atoms with van der Waals surface area (Å²) in [4.78, 5) is 25.3. The molecule has 0 aromatic heterocycles. The van der Waals surface area contributed by atoms with Gasteiger partial charge >= 0.3 is 5.97 Å². The summed E-state index contributed by atoms with van der Waals surface area (Å²) in [5.74, 6) is -0.257. The third-order valence-corrected chi connectivity index (χ3v) is 6.58. The van der Waals surface area contributed by atoms with E-state index < -0.39 is 0 Å². The van der Waals surface area contributed by atoms with E-state index in [2.05, 4.69) is 24.4 Å². The van der Waals surface area contributed by atoms with Gasteiger partial charge in [-0.05, 0) is 65.1 Å². The number of aryl methyl sites for hydroxylation is 1. The number of carbonyl (C=O) groups is 2. The van der Waals surface area contributed by atoms with Crippen LogP contribution in [0.1, 0.15) is 43.7 Å². The monoisotopic (exact) mass is 443 g/mol. The van der Waals surface area contributed by atoms with Gasteiger partial charge in [-0.2, -0.15) is 0 Å². The molecular weight excluding hydrogens is 414 g/mol. The minimum Gasteiger partial charge on any atom is -0.508 e. The topological polar surface area (TPSA) is 75.6 Å². The predicted octanol–water partition coefficient (Wildman–Crippen LogP) is 5.16. The Morgan fingerprint density at radius 2 is 1.76 bits per heavy atom. The molecular formula is C28H29NO4. The van der Waals surface area contributed by atoms with Crippen LogP contribution in [0.2, 0.25) is 0 Å². The second kappa shape index (κ2) is 9.49. The molecule has 1 aliphatic carbocycles. The van der Waals surface area contributed by atoms with E-state index in [0.29, 0.717) is 37.0 Å². The summed E-state index contributed by atoms with van der Waals surface area (Å²) in [6, 6.07) is 21.4. The van der Waals surface area contributed by atoms with Crippen molar-refractivity contribution in [2.75, 3.05) is 7.11 Å². The molecule has 0 heterocycles. The van der Waals surface area contributed by atoms with Gasteiger partial charge in [0.05, 0.1) is 12.7 Å². The highest BCUT2D eigenvalue weighted by molar-refractivity contribution is 5.91. The fraction of sp³-hybridized carbons (Fsp3) is 0.286. The first-order valence-corrected chi connectivity index (χ1v) is 11.3. The molecule has 0 saturated carbocycles. The highest BCUT2D eigenvalue weighted by Gasteiger charge is 2.35. The van der Waals surface area contributed by atoms with E-state index in [1.807, 2.05) is 42.5 Å². The van der Waals surface area contributed by atoms with Crippen LogP contribution >= 0.6 is 0 Å². The lowest BCUT2D eigenvalue weighted by atomic mass is 9.70. The molecule has 0 radical (unpaired) electrons. The normalized spacial score (nSPS) is 18.2. The average Bonchev–Trinajstić information content (AvgIpc) is 2.83. The predicted molar refractivity (Wildman–Crippen MR) is 129 cm³/mol. The number of benzene rings is 3. The Bertz CT molecular complexity index is 1220. The molecule has 1 unspecified atom stereocenters. The average molecular weight is 444 g/mol. The molecule has 1 atom stereocenters. The van der Waals surface area contributed by atoms with Crippen molar-refractivity contribution >= 4 is 22.6 Å². The van der Waals surface area contributed by atoms with Crippen LogP contribution in [0.15, 0.2) is 78.0 Å². The van der Waals surface area contributed by atoms with E-state index in [0.717, 1.165) is 22.8 Å². The highest BCUT2D eigenvalue weighted by atomic mass is 16.5. The van der Waals surface area contributed by atoms with Crippen LogP contribution in [-0.4, -0.2) is 24.1 Å². The molecule has 170 valence electrons. The molecule has 0 aliphatic heterocycles. The third kappa shape index (κ3) is 5.08. The molecule has 1 amide bonds. The number of phenols is 1. The number of methoxy groups -OCH3 is 1. The van der Waals surface area contributed by atoms with Crippen LogP contribution in [0.4, 0.5) is 0 Å². The van der Waals surface area contributed by atoms with Crippen molar-refractivity contribution < 1.29 is 19.4 Å². The Morgan fingerprint density at radius 3 is 2.52 bits per heavy atom. The Labute approximate surface area is 194 Å². The van der Waals surface area contributed by atoms with Gasteiger partial charge in [0, 0.05) is 12.1 Å². The van der Waals surface area contributed by atoms with Gasteiger partial charge in [-0.15, -0.1) is 0 Å². The first-order valence-electron chi connectivity index (χ1n) is 11.3. The smallest absolute Gasteiger partial charge is 0.335 e. The largest absolute Gasteiger partial charge is 0.508 e. The lowest BCUT2D eigenvalue weighted by molar-refractivity contribution is -0.136. The lowest BCUT2D eigenvalue weighted by Crippen LogP contribution is -2.36. The third-order valence-electron chi connectivity index (χ3n) is 6.58. The maximum absolute atomic E-state index is 12.9. The standard InChI is InChI=1S/C28H29NO4/c1-28(22-6-4-3-5-7-22)15-14-24(27(32)33-2)25(18-28)29-26(31)13-9-19-8-10-21-17-23(30)12-11-20(21)16-19/h3-8,10-12,16-17,30H,9,13-15,18H2,1-2H3,(H,29,31). The van der Waals surface area contributed by atoms with Gasteiger partial charge in [-0.25, -0.2) is 4.79 Å². The van der Waals surface area contributed by atoms with Crippen molar-refractivity contribution in [1.29, 1.82) is 0 Å². The molecule has 33 heavy (non-hydrogen) atoms. The van der Waals surface area contributed by atoms with Gasteiger partial charge in [-0.1, -0.05) is 61.5 Å². The Hall–Kier alpha value is -3.60. The summed E-state index contributed by atoms with van der Waals surface area (Å²) in [5, 5.41) is 14.6. The van der Waals surface area contributed by atoms with Crippen molar-refractivity contribution in [2.45, 2.75) is 44.4 Å². The number of rotatable bonds is 6. The maximum atomic E-state index is 12.9. The van der Waals surface area contributed by atoms with Crippen LogP contribution in [0.5, 0.6) is 5.75 Å². The summed E-state index contributed by atoms with van der Waals surface area (Å²) < 4.78 is 4.99. The molecule has 0 fully saturated rings. The molecule has 1 aliphatic rings. The van der Waals surface area contributed by atoms with E-state index in [1.165, 1.54) is 12.7 Å². The van der Waals surface area contributed by atoms with Crippen LogP contribution in [-0.2, 0) is 26.2 Å². The van der Waals surface area contributed by atoms with Gasteiger partial charge in [0.15, 0.2) is 0 Å². The van der Waals surface area contributed by atoms with Crippen LogP contribution in [0.25, 0.3) is 10.8 Å². The number of fused-ring (bicyclic) bond motifs is 1. The summed E-state index contributed by atoms with van der Waals surface area (Å²) in [6.07, 6.45) is 2.84. The summed E-state index contributed by atoms with van der Waals surface area (Å²) in [5.41, 5.74) is 3.31. The van der Waals surface area contributed by atoms with Gasteiger partial charge in [-0.3, -0.25) is 4.79 Å². The summed E-state index contributed by atoms with van der Waals surface area (Å²) >= 11 is 0. The number of phenolic OH excluding ortho intramolecular Hbond substituents is 1. The Kier molecular flexibility index (Phi) is 6.50. The molecule has 4 rings (SSSR count). The SMILES string of the molecule is COC(=O)C1=C(NC(=O)CCc2ccc3cc(O)ccc3c2)CC(C)(c2ccccc2)CC1. The molecule has 0 saturated heterocycles. The molecule has 3 aromatic rings. The minimum atomic E-state index is -0.377. The van der Waals surface area contributed by atoms with Crippen molar-refractivity contribution in [2.24, 2.45) is 0 Å². The molecule has 5 heteroatoms. The van der Waals surface area contributed by atoms with E-state index in [-0.39, 0.29) is 23.0 Å². The maximum Gasteiger partial charge on any atom is 0.335 e. The van der Waals surface area contributed by atoms with Crippen LogP contribution in [0.3, 0.4) is 0 Å². The zero-order valence-electron chi connectivity index (χ0n) is 19.1. The van der Waals surface area contributed by atoms with E-state index >= 15 is 0 Å². The number of amides is 1. The first-order chi connectivity index (χ1) is 15.9. The highest BCUT2D eigenvalue weighted by Crippen LogP contribution is 2.41.